The number of nitrogens with zero attached hydrogens (tertiary/aromatic N) is 2. The number of guanidine groups is 1. The summed E-state index contributed by atoms with van der Waals surface area (Å²) < 4.78 is 0. The van der Waals surface area contributed by atoms with Crippen molar-refractivity contribution in [3.8, 4) is 0 Å². The number of rotatable bonds is 3. The van der Waals surface area contributed by atoms with Crippen LogP contribution in [0, 0.1) is 6.92 Å². The predicted molar refractivity (Wildman–Crippen MR) is 92.4 cm³/mol. The van der Waals surface area contributed by atoms with Crippen LogP contribution in [-0.4, -0.2) is 24.0 Å². The average Bonchev–Trinajstić information content (AvgIpc) is 2.96. The molecule has 5 heteroatoms. The molecule has 1 heterocycles. The Morgan fingerprint density at radius 2 is 2.18 bits per heavy atom. The van der Waals surface area contributed by atoms with Gasteiger partial charge in [0.1, 0.15) is 0 Å². The van der Waals surface area contributed by atoms with Gasteiger partial charge in [-0.05, 0) is 37.3 Å². The molecule has 0 fully saturated rings. The molecule has 3 rings (SSSR count). The van der Waals surface area contributed by atoms with Gasteiger partial charge in [-0.1, -0.05) is 24.3 Å². The third-order valence-electron chi connectivity index (χ3n) is 4.17. The molecule has 1 aromatic carbocycles. The molecule has 2 N–H and O–H groups in total. The Labute approximate surface area is 135 Å². The number of fused-ring (bicyclic) bond motifs is 1. The van der Waals surface area contributed by atoms with Gasteiger partial charge in [0.05, 0.1) is 17.7 Å². The molecule has 0 bridgehead atoms. The standard InChI is InChI=1S/C17H22N4S/c1-12-16(22-11-20-12)10-19-17(18-2)21-15-8-7-13-5-3-4-6-14(13)9-15/h3-6,11,15H,7-10H2,1-2H3,(H2,18,19,21). The van der Waals surface area contributed by atoms with Crippen molar-refractivity contribution in [1.29, 1.82) is 0 Å². The van der Waals surface area contributed by atoms with Crippen LogP contribution in [0.4, 0.5) is 0 Å². The van der Waals surface area contributed by atoms with Gasteiger partial charge in [-0.25, -0.2) is 4.98 Å². The maximum Gasteiger partial charge on any atom is 0.191 e. The molecule has 22 heavy (non-hydrogen) atoms. The highest BCUT2D eigenvalue weighted by Gasteiger charge is 2.19. The van der Waals surface area contributed by atoms with Crippen LogP contribution in [-0.2, 0) is 19.4 Å². The van der Waals surface area contributed by atoms with Crippen LogP contribution in [0.5, 0.6) is 0 Å². The molecule has 2 aromatic rings. The fraction of sp³-hybridized carbons (Fsp3) is 0.412. The Balaban J connectivity index is 1.57. The Kier molecular flexibility index (Phi) is 4.73. The molecular formula is C17H22N4S. The van der Waals surface area contributed by atoms with E-state index in [0.29, 0.717) is 6.04 Å². The molecule has 1 aliphatic rings. The van der Waals surface area contributed by atoms with E-state index in [1.165, 1.54) is 16.0 Å². The number of benzene rings is 1. The predicted octanol–water partition coefficient (Wildman–Crippen LogP) is 2.67. The maximum absolute atomic E-state index is 4.35. The van der Waals surface area contributed by atoms with Crippen LogP contribution >= 0.6 is 11.3 Å². The van der Waals surface area contributed by atoms with Gasteiger partial charge < -0.3 is 10.6 Å². The number of aliphatic imine (C=N–C) groups is 1. The Bertz CT molecular complexity index is 662. The lowest BCUT2D eigenvalue weighted by Gasteiger charge is -2.27. The van der Waals surface area contributed by atoms with Crippen molar-refractivity contribution in [1.82, 2.24) is 15.6 Å². The minimum Gasteiger partial charge on any atom is -0.353 e. The molecule has 1 unspecified atom stereocenters. The summed E-state index contributed by atoms with van der Waals surface area (Å²) in [4.78, 5) is 9.89. The second-order valence-corrected chi connectivity index (χ2v) is 6.58. The van der Waals surface area contributed by atoms with Crippen molar-refractivity contribution < 1.29 is 0 Å². The Hall–Kier alpha value is -1.88. The zero-order valence-electron chi connectivity index (χ0n) is 13.1. The first-order valence-electron chi connectivity index (χ1n) is 7.69. The van der Waals surface area contributed by atoms with Crippen LogP contribution in [0.25, 0.3) is 0 Å². The minimum absolute atomic E-state index is 0.448. The first-order valence-corrected chi connectivity index (χ1v) is 8.57. The second kappa shape index (κ2) is 6.92. The molecule has 0 saturated heterocycles. The Morgan fingerprint density at radius 1 is 1.36 bits per heavy atom. The molecule has 1 aliphatic carbocycles. The largest absolute Gasteiger partial charge is 0.353 e. The van der Waals surface area contributed by atoms with Crippen LogP contribution in [0.15, 0.2) is 34.8 Å². The van der Waals surface area contributed by atoms with E-state index in [1.54, 1.807) is 11.3 Å². The summed E-state index contributed by atoms with van der Waals surface area (Å²) in [7, 11) is 1.83. The number of aromatic nitrogens is 1. The van der Waals surface area contributed by atoms with Crippen molar-refractivity contribution in [3.63, 3.8) is 0 Å². The SMILES string of the molecule is CN=C(NCc1scnc1C)NC1CCc2ccccc2C1. The third-order valence-corrected chi connectivity index (χ3v) is 5.11. The average molecular weight is 314 g/mol. The van der Waals surface area contributed by atoms with Crippen molar-refractivity contribution in [2.24, 2.45) is 4.99 Å². The van der Waals surface area contributed by atoms with Crippen LogP contribution in [0.1, 0.15) is 28.1 Å². The molecule has 0 radical (unpaired) electrons. The monoisotopic (exact) mass is 314 g/mol. The summed E-state index contributed by atoms with van der Waals surface area (Å²) in [5, 5.41) is 6.94. The second-order valence-electron chi connectivity index (χ2n) is 5.64. The zero-order valence-corrected chi connectivity index (χ0v) is 13.9. The van der Waals surface area contributed by atoms with E-state index in [0.717, 1.165) is 37.5 Å². The fourth-order valence-corrected chi connectivity index (χ4v) is 3.59. The van der Waals surface area contributed by atoms with Crippen molar-refractivity contribution in [3.05, 3.63) is 51.5 Å². The lowest BCUT2D eigenvalue weighted by atomic mass is 9.88. The quantitative estimate of drug-likeness (QED) is 0.676. The first kappa shape index (κ1) is 15.0. The highest BCUT2D eigenvalue weighted by atomic mass is 32.1. The van der Waals surface area contributed by atoms with Gasteiger partial charge in [0.2, 0.25) is 0 Å². The highest BCUT2D eigenvalue weighted by Crippen LogP contribution is 2.21. The molecule has 4 nitrogen and oxygen atoms in total. The first-order chi connectivity index (χ1) is 10.8. The molecule has 0 amide bonds. The van der Waals surface area contributed by atoms with Gasteiger partial charge >= 0.3 is 0 Å². The summed E-state index contributed by atoms with van der Waals surface area (Å²) in [5.74, 6) is 0.872. The molecular weight excluding hydrogens is 292 g/mol. The lowest BCUT2D eigenvalue weighted by molar-refractivity contribution is 0.520. The van der Waals surface area contributed by atoms with Crippen molar-refractivity contribution in [2.45, 2.75) is 38.8 Å². The van der Waals surface area contributed by atoms with Gasteiger partial charge in [-0.3, -0.25) is 4.99 Å². The van der Waals surface area contributed by atoms with Gasteiger partial charge in [0.25, 0.3) is 0 Å². The normalized spacial score (nSPS) is 17.9. The molecule has 116 valence electrons. The van der Waals surface area contributed by atoms with E-state index in [9.17, 15) is 0 Å². The number of aryl methyl sites for hydroxylation is 2. The smallest absolute Gasteiger partial charge is 0.191 e. The minimum atomic E-state index is 0.448. The molecule has 0 aliphatic heterocycles. The fourth-order valence-electron chi connectivity index (χ4n) is 2.87. The summed E-state index contributed by atoms with van der Waals surface area (Å²) in [6, 6.07) is 9.18. The van der Waals surface area contributed by atoms with Crippen LogP contribution in [0.2, 0.25) is 0 Å². The number of nitrogens with one attached hydrogen (secondary N) is 2. The van der Waals surface area contributed by atoms with E-state index < -0.39 is 0 Å². The number of hydrogen-bond acceptors (Lipinski definition) is 3. The summed E-state index contributed by atoms with van der Waals surface area (Å²) in [6.07, 6.45) is 3.35. The lowest BCUT2D eigenvalue weighted by Crippen LogP contribution is -2.45. The van der Waals surface area contributed by atoms with Crippen molar-refractivity contribution in [2.75, 3.05) is 7.05 Å². The van der Waals surface area contributed by atoms with Gasteiger partial charge in [0.15, 0.2) is 5.96 Å². The summed E-state index contributed by atoms with van der Waals surface area (Å²) in [6.45, 7) is 2.82. The maximum atomic E-state index is 4.35. The Morgan fingerprint density at radius 3 is 2.91 bits per heavy atom. The van der Waals surface area contributed by atoms with Gasteiger partial charge in [-0.15, -0.1) is 11.3 Å². The van der Waals surface area contributed by atoms with E-state index in [2.05, 4.69) is 44.9 Å². The topological polar surface area (TPSA) is 49.3 Å². The van der Waals surface area contributed by atoms with E-state index >= 15 is 0 Å². The molecule has 0 saturated carbocycles. The van der Waals surface area contributed by atoms with Gasteiger partial charge in [-0.2, -0.15) is 0 Å². The molecule has 1 aromatic heterocycles. The van der Waals surface area contributed by atoms with Crippen LogP contribution < -0.4 is 10.6 Å². The molecule has 1 atom stereocenters. The number of thiazole rings is 1. The van der Waals surface area contributed by atoms with E-state index in [-0.39, 0.29) is 0 Å². The van der Waals surface area contributed by atoms with E-state index in [1.807, 2.05) is 19.5 Å². The summed E-state index contributed by atoms with van der Waals surface area (Å²) >= 11 is 1.68. The third kappa shape index (κ3) is 3.47. The van der Waals surface area contributed by atoms with E-state index in [4.69, 9.17) is 0 Å². The summed E-state index contributed by atoms with van der Waals surface area (Å²) in [5.41, 5.74) is 5.93. The van der Waals surface area contributed by atoms with Gasteiger partial charge in [0, 0.05) is 18.0 Å². The number of hydrogen-bond donors (Lipinski definition) is 2. The highest BCUT2D eigenvalue weighted by molar-refractivity contribution is 7.09. The molecule has 0 spiro atoms. The zero-order chi connectivity index (χ0) is 15.4. The van der Waals surface area contributed by atoms with Crippen LogP contribution in [0.3, 0.4) is 0 Å². The van der Waals surface area contributed by atoms with Crippen molar-refractivity contribution >= 4 is 17.3 Å².